The summed E-state index contributed by atoms with van der Waals surface area (Å²) in [6.07, 6.45) is 0. The van der Waals surface area contributed by atoms with Gasteiger partial charge in [0, 0.05) is 23.7 Å². The maximum Gasteiger partial charge on any atom is 0.280 e. The molecule has 6 heteroatoms. The highest BCUT2D eigenvalue weighted by Gasteiger charge is 2.25. The Bertz CT molecular complexity index is 1360. The number of amides is 1. The van der Waals surface area contributed by atoms with Gasteiger partial charge in [-0.05, 0) is 24.6 Å². The van der Waals surface area contributed by atoms with E-state index in [9.17, 15) is 14.4 Å². The molecule has 0 fully saturated rings. The van der Waals surface area contributed by atoms with Crippen molar-refractivity contribution < 1.29 is 9.59 Å². The van der Waals surface area contributed by atoms with E-state index in [1.807, 2.05) is 60.7 Å². The van der Waals surface area contributed by atoms with Gasteiger partial charge in [-0.25, -0.2) is 4.68 Å². The molecule has 4 aromatic rings. The predicted molar refractivity (Wildman–Crippen MR) is 125 cm³/mol. The third-order valence-electron chi connectivity index (χ3n) is 5.14. The Morgan fingerprint density at radius 3 is 2.00 bits per heavy atom. The fourth-order valence-corrected chi connectivity index (χ4v) is 3.61. The van der Waals surface area contributed by atoms with Crippen molar-refractivity contribution in [3.05, 3.63) is 106 Å². The molecule has 1 heterocycles. The van der Waals surface area contributed by atoms with Gasteiger partial charge in [0.1, 0.15) is 5.56 Å². The first-order valence-electron chi connectivity index (χ1n) is 10.1. The van der Waals surface area contributed by atoms with Crippen molar-refractivity contribution in [3.8, 4) is 22.4 Å². The van der Waals surface area contributed by atoms with E-state index in [0.717, 1.165) is 5.56 Å². The lowest BCUT2D eigenvalue weighted by Crippen LogP contribution is -2.31. The molecule has 0 bridgehead atoms. The first kappa shape index (κ1) is 20.9. The number of nitrogens with zero attached hydrogens (tertiary/aromatic N) is 2. The first-order valence-corrected chi connectivity index (χ1v) is 10.1. The van der Waals surface area contributed by atoms with E-state index < -0.39 is 11.5 Å². The average Bonchev–Trinajstić information content (AvgIpc) is 2.81. The zero-order chi connectivity index (χ0) is 22.7. The lowest BCUT2D eigenvalue weighted by Gasteiger charge is -2.16. The van der Waals surface area contributed by atoms with Crippen molar-refractivity contribution in [2.75, 3.05) is 5.32 Å². The van der Waals surface area contributed by atoms with Gasteiger partial charge in [0.25, 0.3) is 11.5 Å². The van der Waals surface area contributed by atoms with Crippen molar-refractivity contribution in [1.29, 1.82) is 0 Å². The van der Waals surface area contributed by atoms with E-state index in [0.29, 0.717) is 28.1 Å². The van der Waals surface area contributed by atoms with E-state index in [2.05, 4.69) is 10.4 Å². The minimum Gasteiger partial charge on any atom is -0.321 e. The monoisotopic (exact) mass is 423 g/mol. The molecule has 0 spiro atoms. The Hall–Kier alpha value is -4.32. The van der Waals surface area contributed by atoms with Gasteiger partial charge in [-0.3, -0.25) is 14.4 Å². The highest BCUT2D eigenvalue weighted by molar-refractivity contribution is 6.12. The SMILES string of the molecule is CC(=O)c1ccccc1NC(=O)c1c(-c2ccccc2)c(-c2ccccc2)nn(C)c1=O. The molecule has 0 unspecified atom stereocenters. The van der Waals surface area contributed by atoms with E-state index in [1.54, 1.807) is 24.3 Å². The van der Waals surface area contributed by atoms with Gasteiger partial charge >= 0.3 is 0 Å². The molecular weight excluding hydrogens is 402 g/mol. The summed E-state index contributed by atoms with van der Waals surface area (Å²) in [4.78, 5) is 38.7. The van der Waals surface area contributed by atoms with Crippen molar-refractivity contribution in [1.82, 2.24) is 9.78 Å². The fraction of sp³-hybridized carbons (Fsp3) is 0.0769. The highest BCUT2D eigenvalue weighted by atomic mass is 16.2. The summed E-state index contributed by atoms with van der Waals surface area (Å²) < 4.78 is 1.17. The Balaban J connectivity index is 1.96. The maximum absolute atomic E-state index is 13.5. The van der Waals surface area contributed by atoms with Gasteiger partial charge in [-0.1, -0.05) is 72.8 Å². The maximum atomic E-state index is 13.5. The molecule has 4 rings (SSSR count). The van der Waals surface area contributed by atoms with Crippen LogP contribution in [-0.4, -0.2) is 21.5 Å². The molecule has 0 saturated carbocycles. The fourth-order valence-electron chi connectivity index (χ4n) is 3.61. The summed E-state index contributed by atoms with van der Waals surface area (Å²) in [5.74, 6) is -0.783. The number of carbonyl (C=O) groups is 2. The number of carbonyl (C=O) groups excluding carboxylic acids is 2. The second-order valence-corrected chi connectivity index (χ2v) is 7.32. The predicted octanol–water partition coefficient (Wildman–Crippen LogP) is 4.57. The van der Waals surface area contributed by atoms with Crippen molar-refractivity contribution in [2.45, 2.75) is 6.92 Å². The molecule has 0 radical (unpaired) electrons. The second-order valence-electron chi connectivity index (χ2n) is 7.32. The number of nitrogens with one attached hydrogen (secondary N) is 1. The molecule has 0 saturated heterocycles. The number of aromatic nitrogens is 2. The van der Waals surface area contributed by atoms with Gasteiger partial charge in [-0.2, -0.15) is 5.10 Å². The largest absolute Gasteiger partial charge is 0.321 e. The lowest BCUT2D eigenvalue weighted by molar-refractivity contribution is 0.101. The summed E-state index contributed by atoms with van der Waals surface area (Å²) >= 11 is 0. The van der Waals surface area contributed by atoms with Crippen LogP contribution in [0.1, 0.15) is 27.6 Å². The molecule has 1 N–H and O–H groups in total. The third-order valence-corrected chi connectivity index (χ3v) is 5.14. The van der Waals surface area contributed by atoms with Gasteiger partial charge in [0.05, 0.1) is 11.4 Å². The minimum absolute atomic E-state index is 0.0362. The van der Waals surface area contributed by atoms with Crippen LogP contribution < -0.4 is 10.9 Å². The Labute approximate surface area is 185 Å². The number of para-hydroxylation sites is 1. The van der Waals surface area contributed by atoms with Crippen LogP contribution in [0.2, 0.25) is 0 Å². The normalized spacial score (nSPS) is 10.6. The van der Waals surface area contributed by atoms with Gasteiger partial charge < -0.3 is 5.32 Å². The van der Waals surface area contributed by atoms with E-state index in [4.69, 9.17) is 0 Å². The average molecular weight is 423 g/mol. The number of hydrogen-bond acceptors (Lipinski definition) is 4. The highest BCUT2D eigenvalue weighted by Crippen LogP contribution is 2.32. The third kappa shape index (κ3) is 3.98. The number of aryl methyl sites for hydroxylation is 1. The van der Waals surface area contributed by atoms with E-state index >= 15 is 0 Å². The molecule has 1 amide bonds. The summed E-state index contributed by atoms with van der Waals surface area (Å²) in [6, 6.07) is 25.3. The van der Waals surface area contributed by atoms with Crippen LogP contribution in [0.5, 0.6) is 0 Å². The summed E-state index contributed by atoms with van der Waals surface area (Å²) in [5, 5.41) is 7.25. The quantitative estimate of drug-likeness (QED) is 0.477. The number of Topliss-reactive ketones (excluding diaryl/α,β-unsaturated/α-hetero) is 1. The molecule has 0 atom stereocenters. The number of hydrogen-bond donors (Lipinski definition) is 1. The lowest BCUT2D eigenvalue weighted by atomic mass is 9.95. The van der Waals surface area contributed by atoms with Crippen LogP contribution in [0.4, 0.5) is 5.69 Å². The van der Waals surface area contributed by atoms with Crippen LogP contribution in [0.25, 0.3) is 22.4 Å². The smallest absolute Gasteiger partial charge is 0.280 e. The van der Waals surface area contributed by atoms with E-state index in [-0.39, 0.29) is 11.3 Å². The first-order chi connectivity index (χ1) is 15.5. The zero-order valence-electron chi connectivity index (χ0n) is 17.7. The zero-order valence-corrected chi connectivity index (χ0v) is 17.7. The van der Waals surface area contributed by atoms with Gasteiger partial charge in [-0.15, -0.1) is 0 Å². The molecular formula is C26H21N3O3. The molecule has 1 aromatic heterocycles. The van der Waals surface area contributed by atoms with Crippen LogP contribution in [0.3, 0.4) is 0 Å². The van der Waals surface area contributed by atoms with Crippen molar-refractivity contribution >= 4 is 17.4 Å². The van der Waals surface area contributed by atoms with E-state index in [1.165, 1.54) is 18.7 Å². The molecule has 32 heavy (non-hydrogen) atoms. The standard InChI is InChI=1S/C26H21N3O3/c1-17(30)20-15-9-10-16-21(20)27-25(31)23-22(18-11-5-3-6-12-18)24(28-29(2)26(23)32)19-13-7-4-8-14-19/h3-16H,1-2H3,(H,27,31). The molecule has 0 aliphatic heterocycles. The minimum atomic E-state index is -0.599. The topological polar surface area (TPSA) is 81.1 Å². The number of ketones is 1. The van der Waals surface area contributed by atoms with Crippen molar-refractivity contribution in [3.63, 3.8) is 0 Å². The number of rotatable bonds is 5. The Morgan fingerprint density at radius 2 is 1.38 bits per heavy atom. The summed E-state index contributed by atoms with van der Waals surface area (Å²) in [6.45, 7) is 1.43. The van der Waals surface area contributed by atoms with Crippen LogP contribution in [-0.2, 0) is 7.05 Å². The molecule has 3 aromatic carbocycles. The van der Waals surface area contributed by atoms with Crippen LogP contribution in [0, 0.1) is 0 Å². The number of anilines is 1. The Kier molecular flexibility index (Phi) is 5.77. The number of benzene rings is 3. The van der Waals surface area contributed by atoms with Crippen LogP contribution >= 0.6 is 0 Å². The molecule has 0 aliphatic carbocycles. The van der Waals surface area contributed by atoms with Crippen LogP contribution in [0.15, 0.2) is 89.7 Å². The van der Waals surface area contributed by atoms with Gasteiger partial charge in [0.2, 0.25) is 0 Å². The van der Waals surface area contributed by atoms with Gasteiger partial charge in [0.15, 0.2) is 5.78 Å². The summed E-state index contributed by atoms with van der Waals surface area (Å²) in [7, 11) is 1.52. The van der Waals surface area contributed by atoms with Crippen molar-refractivity contribution in [2.24, 2.45) is 7.05 Å². The molecule has 6 nitrogen and oxygen atoms in total. The molecule has 0 aliphatic rings. The Morgan fingerprint density at radius 1 is 0.812 bits per heavy atom. The molecule has 158 valence electrons. The summed E-state index contributed by atoms with van der Waals surface area (Å²) in [5.41, 5.74) is 2.59. The second kappa shape index (κ2) is 8.81.